The minimum Gasteiger partial charge on any atom is -0.337 e. The van der Waals surface area contributed by atoms with Crippen LogP contribution in [-0.2, 0) is 0 Å². The number of carbonyl (C=O) groups is 1. The van der Waals surface area contributed by atoms with E-state index >= 15 is 0 Å². The summed E-state index contributed by atoms with van der Waals surface area (Å²) in [6, 6.07) is 18.6. The van der Waals surface area contributed by atoms with E-state index in [1.807, 2.05) is 47.0 Å². The van der Waals surface area contributed by atoms with Gasteiger partial charge in [0.25, 0.3) is 0 Å². The average molecular weight is 420 g/mol. The van der Waals surface area contributed by atoms with Crippen LogP contribution in [-0.4, -0.2) is 52.7 Å². The number of para-hydroxylation sites is 2. The largest absolute Gasteiger partial charge is 0.337 e. The molecule has 7 heteroatoms. The molecule has 2 atom stereocenters. The van der Waals surface area contributed by atoms with E-state index in [0.29, 0.717) is 12.5 Å². The number of rotatable bonds is 6. The summed E-state index contributed by atoms with van der Waals surface area (Å²) in [5, 5.41) is 6.07. The van der Waals surface area contributed by atoms with Gasteiger partial charge in [0.1, 0.15) is 0 Å². The number of benzene rings is 2. The molecule has 3 N–H and O–H groups in total. The van der Waals surface area contributed by atoms with Crippen molar-refractivity contribution in [3.05, 3.63) is 70.6 Å². The van der Waals surface area contributed by atoms with Crippen LogP contribution in [0.25, 0.3) is 11.0 Å². The van der Waals surface area contributed by atoms with Crippen LogP contribution in [0.1, 0.15) is 36.8 Å². The molecule has 2 heterocycles. The number of aromatic nitrogens is 2. The van der Waals surface area contributed by atoms with Gasteiger partial charge in [0, 0.05) is 44.2 Å². The fraction of sp³-hybridized carbons (Fsp3) is 0.417. The first-order valence-corrected chi connectivity index (χ1v) is 11.2. The van der Waals surface area contributed by atoms with Crippen LogP contribution >= 0.6 is 0 Å². The third-order valence-corrected chi connectivity index (χ3v) is 6.59. The summed E-state index contributed by atoms with van der Waals surface area (Å²) in [4.78, 5) is 29.9. The van der Waals surface area contributed by atoms with Gasteiger partial charge in [-0.3, -0.25) is 4.57 Å². The van der Waals surface area contributed by atoms with Crippen LogP contribution in [0.4, 0.5) is 4.79 Å². The summed E-state index contributed by atoms with van der Waals surface area (Å²) >= 11 is 0. The van der Waals surface area contributed by atoms with E-state index in [1.54, 1.807) is 0 Å². The quantitative estimate of drug-likeness (QED) is 0.575. The van der Waals surface area contributed by atoms with Crippen LogP contribution in [0.2, 0.25) is 0 Å². The van der Waals surface area contributed by atoms with Gasteiger partial charge in [-0.1, -0.05) is 42.5 Å². The maximum absolute atomic E-state index is 12.4. The fourth-order valence-electron chi connectivity index (χ4n) is 4.81. The molecule has 0 bridgehead atoms. The zero-order valence-electron chi connectivity index (χ0n) is 17.6. The van der Waals surface area contributed by atoms with Crippen molar-refractivity contribution in [2.24, 2.45) is 0 Å². The molecule has 1 aliphatic carbocycles. The fourth-order valence-corrected chi connectivity index (χ4v) is 4.81. The summed E-state index contributed by atoms with van der Waals surface area (Å²) in [6.07, 6.45) is 2.89. The molecule has 1 aliphatic heterocycles. The van der Waals surface area contributed by atoms with Crippen molar-refractivity contribution >= 4 is 17.1 Å². The first kappa shape index (κ1) is 19.9. The number of aromatic amines is 1. The minimum absolute atomic E-state index is 0.0214. The van der Waals surface area contributed by atoms with Crippen molar-refractivity contribution in [1.29, 1.82) is 0 Å². The average Bonchev–Trinajstić information content (AvgIpc) is 3.47. The highest BCUT2D eigenvalue weighted by molar-refractivity contribution is 5.75. The zero-order valence-corrected chi connectivity index (χ0v) is 17.6. The summed E-state index contributed by atoms with van der Waals surface area (Å²) in [7, 11) is 0. The molecular formula is C24H29N5O2. The molecule has 1 aromatic heterocycles. The van der Waals surface area contributed by atoms with Crippen LogP contribution in [0.3, 0.4) is 0 Å². The number of hydrogen-bond acceptors (Lipinski definition) is 3. The van der Waals surface area contributed by atoms with Crippen molar-refractivity contribution in [3.8, 4) is 0 Å². The molecular weight excluding hydrogens is 390 g/mol. The lowest BCUT2D eigenvalue weighted by Gasteiger charge is -2.32. The highest BCUT2D eigenvalue weighted by Gasteiger charge is 2.39. The standard InChI is InChI=1S/C24H29N5O2/c30-23(26-21-16-19(21)17-6-2-1-3-7-17)25-12-15-28-13-10-18(11-14-28)29-22-9-5-4-8-20(22)27-24(29)31/h1-9,18-19,21H,10-16H2,(H,27,31)(H2,25,26,30)/t19-,21+/m1/s1. The molecule has 0 unspecified atom stereocenters. The van der Waals surface area contributed by atoms with Crippen molar-refractivity contribution in [2.45, 2.75) is 37.3 Å². The number of amides is 2. The number of piperidine rings is 1. The molecule has 162 valence electrons. The van der Waals surface area contributed by atoms with E-state index in [-0.39, 0.29) is 23.8 Å². The van der Waals surface area contributed by atoms with Crippen LogP contribution < -0.4 is 16.3 Å². The van der Waals surface area contributed by atoms with E-state index in [9.17, 15) is 9.59 Å². The van der Waals surface area contributed by atoms with Gasteiger partial charge >= 0.3 is 11.7 Å². The maximum atomic E-state index is 12.4. The molecule has 2 aromatic carbocycles. The highest BCUT2D eigenvalue weighted by Crippen LogP contribution is 2.40. The number of urea groups is 1. The van der Waals surface area contributed by atoms with E-state index in [0.717, 1.165) is 49.9 Å². The monoisotopic (exact) mass is 419 g/mol. The van der Waals surface area contributed by atoms with Gasteiger partial charge in [0.15, 0.2) is 0 Å². The minimum atomic E-state index is -0.0799. The summed E-state index contributed by atoms with van der Waals surface area (Å²) in [5.74, 6) is 0.443. The Bertz CT molecular complexity index is 1100. The highest BCUT2D eigenvalue weighted by atomic mass is 16.2. The molecule has 1 saturated carbocycles. The summed E-state index contributed by atoms with van der Waals surface area (Å²) < 4.78 is 1.91. The Morgan fingerprint density at radius 3 is 2.58 bits per heavy atom. The number of fused-ring (bicyclic) bond motifs is 1. The number of H-pyrrole nitrogens is 1. The number of likely N-dealkylation sites (tertiary alicyclic amines) is 1. The van der Waals surface area contributed by atoms with E-state index < -0.39 is 0 Å². The Labute approximate surface area is 181 Å². The second-order valence-corrected chi connectivity index (χ2v) is 8.65. The zero-order chi connectivity index (χ0) is 21.2. The second kappa shape index (κ2) is 8.59. The first-order valence-electron chi connectivity index (χ1n) is 11.2. The number of nitrogens with zero attached hydrogens (tertiary/aromatic N) is 2. The SMILES string of the molecule is O=C(NCCN1CCC(n2c(=O)[nH]c3ccccc32)CC1)N[C@H]1C[C@@H]1c1ccccc1. The normalized spacial score (nSPS) is 21.8. The number of nitrogens with one attached hydrogen (secondary N) is 3. The molecule has 2 aliphatic rings. The lowest BCUT2D eigenvalue weighted by Crippen LogP contribution is -2.44. The molecule has 0 spiro atoms. The van der Waals surface area contributed by atoms with Gasteiger partial charge < -0.3 is 20.5 Å². The predicted molar refractivity (Wildman–Crippen MR) is 121 cm³/mol. The van der Waals surface area contributed by atoms with Crippen molar-refractivity contribution < 1.29 is 4.79 Å². The Kier molecular flexibility index (Phi) is 5.51. The predicted octanol–water partition coefficient (Wildman–Crippen LogP) is 2.82. The molecule has 3 aromatic rings. The van der Waals surface area contributed by atoms with Crippen molar-refractivity contribution in [1.82, 2.24) is 25.1 Å². The van der Waals surface area contributed by atoms with Gasteiger partial charge in [0.05, 0.1) is 11.0 Å². The van der Waals surface area contributed by atoms with Crippen molar-refractivity contribution in [2.75, 3.05) is 26.2 Å². The lowest BCUT2D eigenvalue weighted by atomic mass is 10.0. The van der Waals surface area contributed by atoms with Crippen LogP contribution in [0.5, 0.6) is 0 Å². The topological polar surface area (TPSA) is 82.2 Å². The van der Waals surface area contributed by atoms with Gasteiger partial charge in [-0.05, 0) is 37.0 Å². The number of imidazole rings is 1. The summed E-state index contributed by atoms with van der Waals surface area (Å²) in [5.41, 5.74) is 3.16. The number of hydrogen-bond donors (Lipinski definition) is 3. The van der Waals surface area contributed by atoms with E-state index in [4.69, 9.17) is 0 Å². The Hall–Kier alpha value is -3.06. The third kappa shape index (κ3) is 4.37. The molecule has 2 amide bonds. The Morgan fingerprint density at radius 1 is 1.03 bits per heavy atom. The number of carbonyl (C=O) groups excluding carboxylic acids is 1. The molecule has 31 heavy (non-hydrogen) atoms. The Balaban J connectivity index is 1.05. The van der Waals surface area contributed by atoms with Crippen molar-refractivity contribution in [3.63, 3.8) is 0 Å². The van der Waals surface area contributed by atoms with Crippen LogP contribution in [0, 0.1) is 0 Å². The molecule has 1 saturated heterocycles. The second-order valence-electron chi connectivity index (χ2n) is 8.65. The molecule has 7 nitrogen and oxygen atoms in total. The van der Waals surface area contributed by atoms with E-state index in [2.05, 4.69) is 32.7 Å². The molecule has 0 radical (unpaired) electrons. The van der Waals surface area contributed by atoms with Gasteiger partial charge in [-0.2, -0.15) is 0 Å². The van der Waals surface area contributed by atoms with Gasteiger partial charge in [0.2, 0.25) is 0 Å². The third-order valence-electron chi connectivity index (χ3n) is 6.59. The molecule has 5 rings (SSSR count). The van der Waals surface area contributed by atoms with Crippen LogP contribution in [0.15, 0.2) is 59.4 Å². The van der Waals surface area contributed by atoms with E-state index in [1.165, 1.54) is 5.56 Å². The first-order chi connectivity index (χ1) is 15.2. The smallest absolute Gasteiger partial charge is 0.326 e. The summed E-state index contributed by atoms with van der Waals surface area (Å²) in [6.45, 7) is 3.32. The lowest BCUT2D eigenvalue weighted by molar-refractivity contribution is 0.186. The van der Waals surface area contributed by atoms with Gasteiger partial charge in [-0.25, -0.2) is 9.59 Å². The van der Waals surface area contributed by atoms with Gasteiger partial charge in [-0.15, -0.1) is 0 Å². The molecule has 2 fully saturated rings. The Morgan fingerprint density at radius 2 is 1.77 bits per heavy atom. The maximum Gasteiger partial charge on any atom is 0.326 e.